The van der Waals surface area contributed by atoms with E-state index >= 15 is 0 Å². The molecule has 7 nitrogen and oxygen atoms in total. The average molecular weight is 209 g/mol. The number of ether oxygens (including phenoxy) is 1. The minimum atomic E-state index is -1.47. The van der Waals surface area contributed by atoms with Crippen LogP contribution in [0.5, 0.6) is 0 Å². The van der Waals surface area contributed by atoms with Crippen LogP contribution in [0.4, 0.5) is 0 Å². The molecule has 0 aromatic heterocycles. The zero-order valence-electron chi connectivity index (χ0n) is 7.39. The number of nitrogens with two attached hydrogens (primary N) is 1. The number of rotatable bonds is 2. The van der Waals surface area contributed by atoms with E-state index < -0.39 is 43.4 Å². The van der Waals surface area contributed by atoms with E-state index in [0.29, 0.717) is 0 Å². The van der Waals surface area contributed by atoms with Gasteiger partial charge in [0.25, 0.3) is 0 Å². The van der Waals surface area contributed by atoms with Gasteiger partial charge in [0.2, 0.25) is 0 Å². The first-order valence-corrected chi connectivity index (χ1v) is 4.23. The molecule has 7 N–H and O–H groups in total. The first kappa shape index (κ1) is 11.8. The number of aliphatic hydroxyl groups excluding tert-OH is 5. The molecule has 1 saturated heterocycles. The van der Waals surface area contributed by atoms with Crippen LogP contribution in [0.2, 0.25) is 0 Å². The van der Waals surface area contributed by atoms with Crippen LogP contribution in [-0.4, -0.2) is 68.9 Å². The van der Waals surface area contributed by atoms with Crippen LogP contribution >= 0.6 is 0 Å². The molecule has 0 spiro atoms. The lowest BCUT2D eigenvalue weighted by molar-refractivity contribution is -0.264. The molecule has 6 atom stereocenters. The third-order valence-electron chi connectivity index (χ3n) is 2.27. The van der Waals surface area contributed by atoms with Crippen LogP contribution < -0.4 is 5.73 Å². The molecule has 0 saturated carbocycles. The Hall–Kier alpha value is -0.280. The minimum Gasteiger partial charge on any atom is -0.394 e. The number of aliphatic hydroxyl groups is 5. The quantitative estimate of drug-likeness (QED) is 0.273. The predicted molar refractivity (Wildman–Crippen MR) is 44.0 cm³/mol. The lowest BCUT2D eigenvalue weighted by atomic mass is 9.94. The van der Waals surface area contributed by atoms with Gasteiger partial charge in [0.15, 0.2) is 6.29 Å². The van der Waals surface area contributed by atoms with E-state index in [1.54, 1.807) is 0 Å². The standard InChI is InChI=1S/C7H15NO6/c8-3-4(11)5(12)6(2(10)1-9)14-7(3)13/h2-7,9-13H,1,8H2/t2?,3-,4+,5-,6-,7?/m1/s1. The van der Waals surface area contributed by atoms with Crippen molar-refractivity contribution < 1.29 is 30.3 Å². The second kappa shape index (κ2) is 4.49. The van der Waals surface area contributed by atoms with Crippen molar-refractivity contribution in [3.05, 3.63) is 0 Å². The van der Waals surface area contributed by atoms with Gasteiger partial charge in [0, 0.05) is 0 Å². The molecular formula is C7H15NO6. The van der Waals surface area contributed by atoms with E-state index in [1.807, 2.05) is 0 Å². The van der Waals surface area contributed by atoms with Crippen LogP contribution in [0.25, 0.3) is 0 Å². The molecule has 0 aliphatic carbocycles. The highest BCUT2D eigenvalue weighted by Gasteiger charge is 2.44. The summed E-state index contributed by atoms with van der Waals surface area (Å²) in [6, 6.07) is -1.13. The summed E-state index contributed by atoms with van der Waals surface area (Å²) < 4.78 is 4.74. The van der Waals surface area contributed by atoms with Gasteiger partial charge in [-0.15, -0.1) is 0 Å². The molecule has 1 rings (SSSR count). The van der Waals surface area contributed by atoms with Crippen molar-refractivity contribution in [1.29, 1.82) is 0 Å². The molecule has 7 heteroatoms. The molecule has 2 unspecified atom stereocenters. The fourth-order valence-corrected chi connectivity index (χ4v) is 1.35. The van der Waals surface area contributed by atoms with Gasteiger partial charge in [0.1, 0.15) is 24.4 Å². The van der Waals surface area contributed by atoms with Crippen LogP contribution in [-0.2, 0) is 4.74 Å². The van der Waals surface area contributed by atoms with Gasteiger partial charge in [-0.1, -0.05) is 0 Å². The molecule has 1 heterocycles. The average Bonchev–Trinajstić information content (AvgIpc) is 2.19. The molecule has 0 amide bonds. The summed E-state index contributed by atoms with van der Waals surface area (Å²) in [5.41, 5.74) is 5.29. The monoisotopic (exact) mass is 209 g/mol. The highest BCUT2D eigenvalue weighted by molar-refractivity contribution is 4.93. The fourth-order valence-electron chi connectivity index (χ4n) is 1.35. The Kier molecular flexibility index (Phi) is 3.78. The topological polar surface area (TPSA) is 136 Å². The minimum absolute atomic E-state index is 0.642. The van der Waals surface area contributed by atoms with Crippen molar-refractivity contribution in [3.8, 4) is 0 Å². The summed E-state index contributed by atoms with van der Waals surface area (Å²) >= 11 is 0. The van der Waals surface area contributed by atoms with Gasteiger partial charge >= 0.3 is 0 Å². The van der Waals surface area contributed by atoms with Crippen molar-refractivity contribution >= 4 is 0 Å². The Bertz CT molecular complexity index is 191. The molecule has 0 bridgehead atoms. The van der Waals surface area contributed by atoms with E-state index in [0.717, 1.165) is 0 Å². The van der Waals surface area contributed by atoms with Crippen LogP contribution in [0.15, 0.2) is 0 Å². The zero-order valence-corrected chi connectivity index (χ0v) is 7.39. The normalized spacial score (nSPS) is 46.3. The molecule has 1 fully saturated rings. The Morgan fingerprint density at radius 3 is 2.29 bits per heavy atom. The molecule has 84 valence electrons. The molecule has 1 aliphatic rings. The summed E-state index contributed by atoms with van der Waals surface area (Å²) in [5, 5.41) is 45.7. The summed E-state index contributed by atoms with van der Waals surface area (Å²) in [5.74, 6) is 0. The van der Waals surface area contributed by atoms with Gasteiger partial charge in [-0.05, 0) is 0 Å². The summed E-state index contributed by atoms with van der Waals surface area (Å²) in [4.78, 5) is 0. The predicted octanol–water partition coefficient (Wildman–Crippen LogP) is -3.89. The fraction of sp³-hybridized carbons (Fsp3) is 1.00. The molecule has 1 aliphatic heterocycles. The van der Waals surface area contributed by atoms with Gasteiger partial charge < -0.3 is 36.0 Å². The maximum absolute atomic E-state index is 9.39. The van der Waals surface area contributed by atoms with E-state index in [9.17, 15) is 15.3 Å². The highest BCUT2D eigenvalue weighted by Crippen LogP contribution is 2.20. The van der Waals surface area contributed by atoms with Crippen LogP contribution in [0, 0.1) is 0 Å². The lowest BCUT2D eigenvalue weighted by Gasteiger charge is -2.40. The van der Waals surface area contributed by atoms with Crippen molar-refractivity contribution in [1.82, 2.24) is 0 Å². The second-order valence-electron chi connectivity index (χ2n) is 3.30. The van der Waals surface area contributed by atoms with Gasteiger partial charge in [-0.25, -0.2) is 0 Å². The lowest BCUT2D eigenvalue weighted by Crippen LogP contribution is -2.63. The molecule has 0 radical (unpaired) electrons. The summed E-state index contributed by atoms with van der Waals surface area (Å²) in [7, 11) is 0. The van der Waals surface area contributed by atoms with Gasteiger partial charge in [0.05, 0.1) is 12.6 Å². The maximum Gasteiger partial charge on any atom is 0.173 e. The van der Waals surface area contributed by atoms with E-state index in [2.05, 4.69) is 0 Å². The van der Waals surface area contributed by atoms with Crippen molar-refractivity contribution in [2.45, 2.75) is 36.7 Å². The third kappa shape index (κ3) is 2.04. The summed E-state index contributed by atoms with van der Waals surface area (Å²) in [6.07, 6.45) is -6.92. The Labute approximate surface area is 80.3 Å². The molecule has 14 heavy (non-hydrogen) atoms. The molecule has 0 aromatic carbocycles. The van der Waals surface area contributed by atoms with Gasteiger partial charge in [-0.2, -0.15) is 0 Å². The number of hydrogen-bond donors (Lipinski definition) is 6. The van der Waals surface area contributed by atoms with Gasteiger partial charge in [-0.3, -0.25) is 0 Å². The first-order valence-electron chi connectivity index (χ1n) is 4.23. The van der Waals surface area contributed by atoms with E-state index in [1.165, 1.54) is 0 Å². The summed E-state index contributed by atoms with van der Waals surface area (Å²) in [6.45, 7) is -0.642. The Morgan fingerprint density at radius 1 is 1.21 bits per heavy atom. The van der Waals surface area contributed by atoms with Crippen LogP contribution in [0.3, 0.4) is 0 Å². The maximum atomic E-state index is 9.39. The Balaban J connectivity index is 2.70. The van der Waals surface area contributed by atoms with Crippen LogP contribution in [0.1, 0.15) is 0 Å². The SMILES string of the molecule is N[C@H]1C(O)O[C@H](C(O)CO)[C@H](O)[C@H]1O. The smallest absolute Gasteiger partial charge is 0.173 e. The first-order chi connectivity index (χ1) is 6.49. The third-order valence-corrected chi connectivity index (χ3v) is 2.27. The second-order valence-corrected chi connectivity index (χ2v) is 3.30. The van der Waals surface area contributed by atoms with E-state index in [-0.39, 0.29) is 0 Å². The zero-order chi connectivity index (χ0) is 10.9. The van der Waals surface area contributed by atoms with Crippen molar-refractivity contribution in [2.24, 2.45) is 5.73 Å². The molecule has 0 aromatic rings. The van der Waals surface area contributed by atoms with E-state index in [4.69, 9.17) is 20.7 Å². The highest BCUT2D eigenvalue weighted by atomic mass is 16.6. The largest absolute Gasteiger partial charge is 0.394 e. The number of hydrogen-bond acceptors (Lipinski definition) is 7. The van der Waals surface area contributed by atoms with Crippen molar-refractivity contribution in [3.63, 3.8) is 0 Å². The molecular weight excluding hydrogens is 194 g/mol. The van der Waals surface area contributed by atoms with Crippen molar-refractivity contribution in [2.75, 3.05) is 6.61 Å². The Morgan fingerprint density at radius 2 is 1.79 bits per heavy atom.